The van der Waals surface area contributed by atoms with Gasteiger partial charge < -0.3 is 15.3 Å². The average Bonchev–Trinajstić information content (AvgIpc) is 2.72. The molecule has 3 atom stereocenters. The molecule has 0 rings (SSSR count). The summed E-state index contributed by atoms with van der Waals surface area (Å²) in [5, 5.41) is 13.0. The molecule has 0 aromatic rings. The third-order valence-electron chi connectivity index (χ3n) is 5.33. The lowest BCUT2D eigenvalue weighted by atomic mass is 10.0. The number of rotatable bonds is 22. The molecule has 0 saturated carbocycles. The SMILES string of the molecule is CCCCCCCCCCCCCCC[C@@H](O)[C@H](COP(=O)(O)OCCC)NC(C)=O. The smallest absolute Gasteiger partial charge is 0.391 e. The van der Waals surface area contributed by atoms with Crippen LogP contribution in [-0.2, 0) is 18.4 Å². The van der Waals surface area contributed by atoms with Crippen molar-refractivity contribution in [3.05, 3.63) is 0 Å². The van der Waals surface area contributed by atoms with Gasteiger partial charge in [-0.05, 0) is 12.8 Å². The van der Waals surface area contributed by atoms with Crippen LogP contribution in [-0.4, -0.2) is 41.3 Å². The lowest BCUT2D eigenvalue weighted by Crippen LogP contribution is -2.45. The zero-order valence-electron chi connectivity index (χ0n) is 20.2. The van der Waals surface area contributed by atoms with Crippen molar-refractivity contribution in [2.75, 3.05) is 13.2 Å². The van der Waals surface area contributed by atoms with Crippen LogP contribution < -0.4 is 5.32 Å². The molecule has 8 heteroatoms. The Hall–Kier alpha value is -0.460. The first-order chi connectivity index (χ1) is 14.8. The third kappa shape index (κ3) is 19.9. The highest BCUT2D eigenvalue weighted by molar-refractivity contribution is 7.47. The fourth-order valence-electron chi connectivity index (χ4n) is 3.50. The molecule has 0 bridgehead atoms. The third-order valence-corrected chi connectivity index (χ3v) is 6.32. The van der Waals surface area contributed by atoms with Gasteiger partial charge in [0.25, 0.3) is 0 Å². The average molecular weight is 466 g/mol. The van der Waals surface area contributed by atoms with Crippen molar-refractivity contribution in [3.8, 4) is 0 Å². The van der Waals surface area contributed by atoms with E-state index in [9.17, 15) is 19.4 Å². The van der Waals surface area contributed by atoms with Crippen LogP contribution in [0, 0.1) is 0 Å². The minimum atomic E-state index is -4.17. The summed E-state index contributed by atoms with van der Waals surface area (Å²) in [7, 11) is -4.17. The number of phosphoric acid groups is 1. The Balaban J connectivity index is 3.89. The Kier molecular flexibility index (Phi) is 19.9. The molecule has 31 heavy (non-hydrogen) atoms. The van der Waals surface area contributed by atoms with E-state index in [2.05, 4.69) is 12.2 Å². The van der Waals surface area contributed by atoms with Crippen LogP contribution in [0.25, 0.3) is 0 Å². The van der Waals surface area contributed by atoms with Crippen molar-refractivity contribution in [3.63, 3.8) is 0 Å². The highest BCUT2D eigenvalue weighted by atomic mass is 31.2. The number of carbonyl (C=O) groups is 1. The quantitative estimate of drug-likeness (QED) is 0.136. The molecule has 0 fully saturated rings. The van der Waals surface area contributed by atoms with Crippen molar-refractivity contribution in [1.29, 1.82) is 0 Å². The van der Waals surface area contributed by atoms with E-state index in [1.54, 1.807) is 0 Å². The Morgan fingerprint density at radius 2 is 1.32 bits per heavy atom. The van der Waals surface area contributed by atoms with Gasteiger partial charge in [-0.1, -0.05) is 97.3 Å². The van der Waals surface area contributed by atoms with Gasteiger partial charge in [-0.15, -0.1) is 0 Å². The second kappa shape index (κ2) is 20.2. The van der Waals surface area contributed by atoms with Crippen molar-refractivity contribution in [1.82, 2.24) is 5.32 Å². The molecule has 7 nitrogen and oxygen atoms in total. The highest BCUT2D eigenvalue weighted by Gasteiger charge is 2.27. The van der Waals surface area contributed by atoms with E-state index < -0.39 is 20.0 Å². The zero-order chi connectivity index (χ0) is 23.4. The number of hydrogen-bond acceptors (Lipinski definition) is 5. The molecule has 0 aliphatic carbocycles. The fraction of sp³-hybridized carbons (Fsp3) is 0.957. The number of amides is 1. The van der Waals surface area contributed by atoms with Crippen LogP contribution in [0.15, 0.2) is 0 Å². The number of hydrogen-bond donors (Lipinski definition) is 3. The first kappa shape index (κ1) is 30.5. The van der Waals surface area contributed by atoms with E-state index in [-0.39, 0.29) is 19.1 Å². The predicted molar refractivity (Wildman–Crippen MR) is 126 cm³/mol. The molecule has 3 N–H and O–H groups in total. The predicted octanol–water partition coefficient (Wildman–Crippen LogP) is 5.88. The molecule has 0 spiro atoms. The van der Waals surface area contributed by atoms with Gasteiger partial charge in [-0.2, -0.15) is 0 Å². The van der Waals surface area contributed by atoms with E-state index in [0.29, 0.717) is 12.8 Å². The Morgan fingerprint density at radius 3 is 1.77 bits per heavy atom. The van der Waals surface area contributed by atoms with Crippen LogP contribution >= 0.6 is 7.82 Å². The normalized spacial score (nSPS) is 15.4. The topological polar surface area (TPSA) is 105 Å². The van der Waals surface area contributed by atoms with Crippen LogP contribution in [0.2, 0.25) is 0 Å². The summed E-state index contributed by atoms with van der Waals surface area (Å²) in [6, 6.07) is -0.736. The monoisotopic (exact) mass is 465 g/mol. The van der Waals surface area contributed by atoms with Crippen molar-refractivity contribution >= 4 is 13.7 Å². The lowest BCUT2D eigenvalue weighted by molar-refractivity contribution is -0.121. The first-order valence-electron chi connectivity index (χ1n) is 12.4. The number of phosphoric ester groups is 1. The van der Waals surface area contributed by atoms with E-state index >= 15 is 0 Å². The van der Waals surface area contributed by atoms with E-state index in [1.165, 1.54) is 71.1 Å². The van der Waals surface area contributed by atoms with Gasteiger partial charge in [0.1, 0.15) is 0 Å². The van der Waals surface area contributed by atoms with Gasteiger partial charge in [-0.3, -0.25) is 13.8 Å². The molecule has 0 aromatic heterocycles. The van der Waals surface area contributed by atoms with Gasteiger partial charge >= 0.3 is 7.82 Å². The van der Waals surface area contributed by atoms with Crippen LogP contribution in [0.1, 0.15) is 117 Å². The molecule has 0 heterocycles. The van der Waals surface area contributed by atoms with E-state index in [0.717, 1.165) is 19.3 Å². The van der Waals surface area contributed by atoms with Crippen molar-refractivity contribution in [2.45, 2.75) is 129 Å². The molecule has 1 unspecified atom stereocenters. The van der Waals surface area contributed by atoms with Crippen LogP contribution in [0.3, 0.4) is 0 Å². The summed E-state index contributed by atoms with van der Waals surface area (Å²) in [5.74, 6) is -0.319. The minimum absolute atomic E-state index is 0.111. The number of unbranched alkanes of at least 4 members (excludes halogenated alkanes) is 12. The molecule has 0 radical (unpaired) electrons. The Bertz CT molecular complexity index is 477. The van der Waals surface area contributed by atoms with Gasteiger partial charge in [0, 0.05) is 6.92 Å². The summed E-state index contributed by atoms with van der Waals surface area (Å²) in [6.45, 7) is 5.25. The minimum Gasteiger partial charge on any atom is -0.391 e. The summed E-state index contributed by atoms with van der Waals surface area (Å²) in [6.07, 6.45) is 16.5. The molecular weight excluding hydrogens is 417 g/mol. The number of aliphatic hydroxyl groups is 1. The fourth-order valence-corrected chi connectivity index (χ4v) is 4.34. The summed E-state index contributed by atoms with van der Waals surface area (Å²) >= 11 is 0. The lowest BCUT2D eigenvalue weighted by Gasteiger charge is -2.24. The summed E-state index contributed by atoms with van der Waals surface area (Å²) in [5.41, 5.74) is 0. The molecule has 0 aliphatic rings. The molecule has 0 aliphatic heterocycles. The van der Waals surface area contributed by atoms with E-state index in [4.69, 9.17) is 9.05 Å². The number of carbonyl (C=O) groups excluding carboxylic acids is 1. The highest BCUT2D eigenvalue weighted by Crippen LogP contribution is 2.43. The van der Waals surface area contributed by atoms with Gasteiger partial charge in [0.05, 0.1) is 25.4 Å². The van der Waals surface area contributed by atoms with Gasteiger partial charge in [-0.25, -0.2) is 4.57 Å². The maximum absolute atomic E-state index is 11.8. The molecule has 0 aromatic carbocycles. The molecular formula is C23H48NO6P. The summed E-state index contributed by atoms with van der Waals surface area (Å²) in [4.78, 5) is 21.0. The first-order valence-corrected chi connectivity index (χ1v) is 13.9. The van der Waals surface area contributed by atoms with Crippen molar-refractivity contribution < 1.29 is 28.4 Å². The molecule has 186 valence electrons. The van der Waals surface area contributed by atoms with E-state index in [1.807, 2.05) is 6.92 Å². The summed E-state index contributed by atoms with van der Waals surface area (Å²) < 4.78 is 21.5. The second-order valence-electron chi connectivity index (χ2n) is 8.50. The number of aliphatic hydroxyl groups excluding tert-OH is 1. The molecule has 1 amide bonds. The maximum Gasteiger partial charge on any atom is 0.472 e. The zero-order valence-corrected chi connectivity index (χ0v) is 21.0. The Morgan fingerprint density at radius 1 is 0.839 bits per heavy atom. The van der Waals surface area contributed by atoms with Crippen molar-refractivity contribution in [2.24, 2.45) is 0 Å². The standard InChI is InChI=1S/C23H48NO6P/c1-4-6-7-8-9-10-11-12-13-14-15-16-17-18-23(26)22(24-21(3)25)20-30-31(27,28)29-19-5-2/h22-23,26H,4-20H2,1-3H3,(H,24,25)(H,27,28)/t22-,23+/m0/s1. The maximum atomic E-state index is 11.8. The van der Waals surface area contributed by atoms with Gasteiger partial charge in [0.15, 0.2) is 0 Å². The molecule has 0 saturated heterocycles. The van der Waals surface area contributed by atoms with Gasteiger partial charge in [0.2, 0.25) is 5.91 Å². The largest absolute Gasteiger partial charge is 0.472 e. The Labute approximate surface area is 190 Å². The second-order valence-corrected chi connectivity index (χ2v) is 9.96. The van der Waals surface area contributed by atoms with Crippen LogP contribution in [0.5, 0.6) is 0 Å². The van der Waals surface area contributed by atoms with Crippen LogP contribution in [0.4, 0.5) is 0 Å². The number of nitrogens with one attached hydrogen (secondary N) is 1.